The largest absolute Gasteiger partial charge is 0.465 e. The monoisotopic (exact) mass is 207 g/mol. The van der Waals surface area contributed by atoms with Crippen LogP contribution in [0, 0.1) is 0 Å². The number of imide groups is 1. The number of amides is 2. The predicted molar refractivity (Wildman–Crippen MR) is 55.6 cm³/mol. The van der Waals surface area contributed by atoms with Crippen molar-refractivity contribution in [3.63, 3.8) is 0 Å². The van der Waals surface area contributed by atoms with Gasteiger partial charge in [-0.3, -0.25) is 9.69 Å². The summed E-state index contributed by atoms with van der Waals surface area (Å²) in [5, 5.41) is 8.57. The highest BCUT2D eigenvalue weighted by Crippen LogP contribution is 2.02. The highest BCUT2D eigenvalue weighted by Gasteiger charge is 2.08. The summed E-state index contributed by atoms with van der Waals surface area (Å²) in [6.45, 7) is 0.244. The van der Waals surface area contributed by atoms with E-state index in [-0.39, 0.29) is 6.54 Å². The molecule has 0 spiro atoms. The molecule has 15 heavy (non-hydrogen) atoms. The maximum atomic E-state index is 10.5. The number of benzene rings is 1. The third kappa shape index (κ3) is 3.81. The minimum Gasteiger partial charge on any atom is -0.465 e. The van der Waals surface area contributed by atoms with Crippen molar-refractivity contribution in [2.45, 2.75) is 12.8 Å². The Morgan fingerprint density at radius 2 is 2.00 bits per heavy atom. The number of rotatable bonds is 5. The molecule has 4 nitrogen and oxygen atoms in total. The predicted octanol–water partition coefficient (Wildman–Crippen LogP) is 1.76. The van der Waals surface area contributed by atoms with Crippen LogP contribution in [0.3, 0.4) is 0 Å². The molecule has 1 aromatic carbocycles. The molecule has 80 valence electrons. The van der Waals surface area contributed by atoms with Gasteiger partial charge in [0.1, 0.15) is 0 Å². The number of hydrogen-bond donors (Lipinski definition) is 1. The molecule has 0 saturated heterocycles. The molecule has 0 atom stereocenters. The summed E-state index contributed by atoms with van der Waals surface area (Å²) in [6, 6.07) is 9.75. The van der Waals surface area contributed by atoms with Crippen LogP contribution >= 0.6 is 0 Å². The first-order chi connectivity index (χ1) is 7.24. The van der Waals surface area contributed by atoms with Gasteiger partial charge < -0.3 is 5.11 Å². The van der Waals surface area contributed by atoms with Crippen molar-refractivity contribution in [2.24, 2.45) is 0 Å². The maximum absolute atomic E-state index is 10.5. The highest BCUT2D eigenvalue weighted by atomic mass is 16.4. The van der Waals surface area contributed by atoms with Crippen molar-refractivity contribution in [3.8, 4) is 0 Å². The van der Waals surface area contributed by atoms with Crippen LogP contribution in [-0.4, -0.2) is 29.1 Å². The van der Waals surface area contributed by atoms with E-state index in [1.54, 1.807) is 0 Å². The standard InChI is InChI=1S/C11H13NO3/c13-9-12(11(14)15)8-4-7-10-5-2-1-3-6-10/h1-3,5-6,9H,4,7-8H2,(H,14,15). The zero-order valence-electron chi connectivity index (χ0n) is 8.30. The van der Waals surface area contributed by atoms with Crippen LogP contribution in [0.15, 0.2) is 30.3 Å². The van der Waals surface area contributed by atoms with Gasteiger partial charge in [0.05, 0.1) is 0 Å². The van der Waals surface area contributed by atoms with E-state index in [9.17, 15) is 9.59 Å². The molecule has 0 saturated carbocycles. The highest BCUT2D eigenvalue weighted by molar-refractivity contribution is 5.78. The fraction of sp³-hybridized carbons (Fsp3) is 0.273. The van der Waals surface area contributed by atoms with Crippen LogP contribution in [0.1, 0.15) is 12.0 Å². The Balaban J connectivity index is 2.33. The van der Waals surface area contributed by atoms with Crippen molar-refractivity contribution in [3.05, 3.63) is 35.9 Å². The topological polar surface area (TPSA) is 57.6 Å². The second-order valence-corrected chi connectivity index (χ2v) is 3.17. The van der Waals surface area contributed by atoms with Crippen LogP contribution in [0.5, 0.6) is 0 Å². The molecule has 0 aromatic heterocycles. The van der Waals surface area contributed by atoms with Gasteiger partial charge in [0, 0.05) is 6.54 Å². The van der Waals surface area contributed by atoms with E-state index in [1.165, 1.54) is 0 Å². The lowest BCUT2D eigenvalue weighted by molar-refractivity contribution is -0.116. The first-order valence-corrected chi connectivity index (χ1v) is 4.73. The summed E-state index contributed by atoms with van der Waals surface area (Å²) in [7, 11) is 0. The van der Waals surface area contributed by atoms with Gasteiger partial charge in [-0.15, -0.1) is 0 Å². The van der Waals surface area contributed by atoms with E-state index in [1.807, 2.05) is 30.3 Å². The van der Waals surface area contributed by atoms with Crippen LogP contribution < -0.4 is 0 Å². The van der Waals surface area contributed by atoms with Gasteiger partial charge in [-0.2, -0.15) is 0 Å². The van der Waals surface area contributed by atoms with Gasteiger partial charge in [-0.05, 0) is 18.4 Å². The summed E-state index contributed by atoms with van der Waals surface area (Å²) in [5.74, 6) is 0. The number of aryl methyl sites for hydroxylation is 1. The Morgan fingerprint density at radius 1 is 1.33 bits per heavy atom. The molecule has 0 aliphatic rings. The Kier molecular flexibility index (Phi) is 4.34. The van der Waals surface area contributed by atoms with E-state index in [0.29, 0.717) is 12.8 Å². The Bertz CT molecular complexity index is 324. The Morgan fingerprint density at radius 3 is 2.53 bits per heavy atom. The van der Waals surface area contributed by atoms with E-state index in [2.05, 4.69) is 0 Å². The van der Waals surface area contributed by atoms with Gasteiger partial charge in [-0.25, -0.2) is 4.79 Å². The summed E-state index contributed by atoms with van der Waals surface area (Å²) in [6.07, 6.45) is 0.568. The van der Waals surface area contributed by atoms with E-state index < -0.39 is 6.09 Å². The Hall–Kier alpha value is -1.84. The minimum atomic E-state index is -1.20. The molecule has 1 rings (SSSR count). The van der Waals surface area contributed by atoms with Gasteiger partial charge >= 0.3 is 6.09 Å². The second kappa shape index (κ2) is 5.80. The number of carbonyl (C=O) groups excluding carboxylic acids is 1. The average Bonchev–Trinajstić information content (AvgIpc) is 2.25. The first kappa shape index (κ1) is 11.2. The fourth-order valence-electron chi connectivity index (χ4n) is 1.29. The van der Waals surface area contributed by atoms with Crippen molar-refractivity contribution >= 4 is 12.5 Å². The lowest BCUT2D eigenvalue weighted by Gasteiger charge is -2.10. The molecule has 0 aliphatic heterocycles. The van der Waals surface area contributed by atoms with Gasteiger partial charge in [0.25, 0.3) is 0 Å². The number of carboxylic acid groups (broad SMARTS) is 1. The lowest BCUT2D eigenvalue weighted by Crippen LogP contribution is -2.29. The molecule has 0 fully saturated rings. The molecule has 2 amide bonds. The summed E-state index contributed by atoms with van der Waals surface area (Å²) in [5.41, 5.74) is 1.15. The van der Waals surface area contributed by atoms with E-state index in [0.717, 1.165) is 16.9 Å². The van der Waals surface area contributed by atoms with Crippen molar-refractivity contribution in [1.82, 2.24) is 4.90 Å². The molecule has 1 N–H and O–H groups in total. The van der Waals surface area contributed by atoms with Crippen LogP contribution in [0.25, 0.3) is 0 Å². The minimum absolute atomic E-state index is 0.244. The fourth-order valence-corrected chi connectivity index (χ4v) is 1.29. The van der Waals surface area contributed by atoms with Crippen molar-refractivity contribution in [2.75, 3.05) is 6.54 Å². The molecule has 0 unspecified atom stereocenters. The van der Waals surface area contributed by atoms with Gasteiger partial charge in [0.15, 0.2) is 0 Å². The van der Waals surface area contributed by atoms with Gasteiger partial charge in [0.2, 0.25) is 6.41 Å². The quantitative estimate of drug-likeness (QED) is 0.748. The summed E-state index contributed by atoms with van der Waals surface area (Å²) < 4.78 is 0. The third-order valence-corrected chi connectivity index (χ3v) is 2.08. The van der Waals surface area contributed by atoms with Crippen LogP contribution in [0.2, 0.25) is 0 Å². The van der Waals surface area contributed by atoms with Crippen molar-refractivity contribution < 1.29 is 14.7 Å². The Labute approximate surface area is 88.1 Å². The molecule has 1 aromatic rings. The summed E-state index contributed by atoms with van der Waals surface area (Å²) in [4.78, 5) is 21.6. The van der Waals surface area contributed by atoms with Gasteiger partial charge in [-0.1, -0.05) is 30.3 Å². The lowest BCUT2D eigenvalue weighted by atomic mass is 10.1. The van der Waals surface area contributed by atoms with E-state index in [4.69, 9.17) is 5.11 Å². The smallest absolute Gasteiger partial charge is 0.413 e. The normalized spacial score (nSPS) is 9.60. The molecular weight excluding hydrogens is 194 g/mol. The number of carbonyl (C=O) groups is 2. The van der Waals surface area contributed by atoms with E-state index >= 15 is 0 Å². The summed E-state index contributed by atoms with van der Waals surface area (Å²) >= 11 is 0. The molecule has 0 bridgehead atoms. The zero-order valence-corrected chi connectivity index (χ0v) is 8.30. The number of nitrogens with zero attached hydrogens (tertiary/aromatic N) is 1. The van der Waals surface area contributed by atoms with Crippen LogP contribution in [0.4, 0.5) is 4.79 Å². The van der Waals surface area contributed by atoms with Crippen molar-refractivity contribution in [1.29, 1.82) is 0 Å². The maximum Gasteiger partial charge on any atom is 0.413 e. The first-order valence-electron chi connectivity index (χ1n) is 4.73. The van der Waals surface area contributed by atoms with Crippen LogP contribution in [-0.2, 0) is 11.2 Å². The molecule has 4 heteroatoms. The molecule has 0 radical (unpaired) electrons. The average molecular weight is 207 g/mol. The second-order valence-electron chi connectivity index (χ2n) is 3.17. The molecular formula is C11H13NO3. The third-order valence-electron chi connectivity index (χ3n) is 2.08. The molecule has 0 aliphatic carbocycles. The molecule has 0 heterocycles. The number of hydrogen-bond acceptors (Lipinski definition) is 2. The SMILES string of the molecule is O=CN(CCCc1ccccc1)C(=O)O. The zero-order chi connectivity index (χ0) is 11.1.